The number of para-hydroxylation sites is 1. The highest BCUT2D eigenvalue weighted by Crippen LogP contribution is 2.50. The maximum Gasteiger partial charge on any atom is 0.285 e. The van der Waals surface area contributed by atoms with Crippen LogP contribution < -0.4 is 4.67 Å². The van der Waals surface area contributed by atoms with Gasteiger partial charge in [0.2, 0.25) is 0 Å². The van der Waals surface area contributed by atoms with Crippen molar-refractivity contribution in [3.8, 4) is 0 Å². The van der Waals surface area contributed by atoms with Crippen molar-refractivity contribution in [3.63, 3.8) is 0 Å². The van der Waals surface area contributed by atoms with E-state index in [0.29, 0.717) is 0 Å². The lowest BCUT2D eigenvalue weighted by Gasteiger charge is -2.35. The minimum absolute atomic E-state index is 0.153. The molecule has 2 N–H and O–H groups in total. The Morgan fingerprint density at radius 3 is 1.95 bits per heavy atom. The van der Waals surface area contributed by atoms with Gasteiger partial charge in [0.05, 0.1) is 6.04 Å². The molecule has 0 spiro atoms. The van der Waals surface area contributed by atoms with Crippen LogP contribution in [0.2, 0.25) is 0 Å². The van der Waals surface area contributed by atoms with Gasteiger partial charge < -0.3 is 9.79 Å². The fourth-order valence-corrected chi connectivity index (χ4v) is 4.04. The summed E-state index contributed by atoms with van der Waals surface area (Å²) in [7, 11) is 0. The first-order valence-corrected chi connectivity index (χ1v) is 9.15. The average Bonchev–Trinajstić information content (AvgIpc) is 2.45. The number of anilines is 1. The molecule has 0 saturated carbocycles. The second-order valence-corrected chi connectivity index (χ2v) is 7.46. The Hall–Kier alpha value is -1.19. The standard InChI is InChI=1S/C15H18NO2PS/c1-2-15(13-9-5-3-6-10-13)16(19(17,18)20)14-11-7-4-8-12-14/h3-12,15H,2H2,1H3,(H2,17,18,20)/t15-/m0/s1. The van der Waals surface area contributed by atoms with E-state index in [9.17, 15) is 9.79 Å². The van der Waals surface area contributed by atoms with Crippen LogP contribution in [0.5, 0.6) is 0 Å². The van der Waals surface area contributed by atoms with Gasteiger partial charge in [0.15, 0.2) is 0 Å². The molecular weight excluding hydrogens is 289 g/mol. The average molecular weight is 307 g/mol. The van der Waals surface area contributed by atoms with Crippen LogP contribution in [0.4, 0.5) is 5.69 Å². The molecule has 1 atom stereocenters. The van der Waals surface area contributed by atoms with Crippen molar-refractivity contribution >= 4 is 24.1 Å². The van der Waals surface area contributed by atoms with E-state index in [1.165, 1.54) is 0 Å². The summed E-state index contributed by atoms with van der Waals surface area (Å²) in [6, 6.07) is 19.0. The normalized spacial score (nSPS) is 12.9. The van der Waals surface area contributed by atoms with Gasteiger partial charge in [0, 0.05) is 5.69 Å². The predicted octanol–water partition coefficient (Wildman–Crippen LogP) is 3.85. The minimum atomic E-state index is -3.57. The van der Waals surface area contributed by atoms with Crippen molar-refractivity contribution < 1.29 is 9.79 Å². The van der Waals surface area contributed by atoms with Gasteiger partial charge in [0.1, 0.15) is 0 Å². The van der Waals surface area contributed by atoms with E-state index >= 15 is 0 Å². The number of nitrogens with zero attached hydrogens (tertiary/aromatic N) is 1. The zero-order chi connectivity index (χ0) is 14.6. The Bertz CT molecular complexity index is 585. The molecule has 0 bridgehead atoms. The van der Waals surface area contributed by atoms with E-state index in [4.69, 9.17) is 11.8 Å². The zero-order valence-corrected chi connectivity index (χ0v) is 13.0. The van der Waals surface area contributed by atoms with E-state index in [0.717, 1.165) is 17.7 Å². The molecule has 0 fully saturated rings. The van der Waals surface area contributed by atoms with Crippen LogP contribution >= 0.6 is 6.64 Å². The Morgan fingerprint density at radius 2 is 1.50 bits per heavy atom. The predicted molar refractivity (Wildman–Crippen MR) is 87.1 cm³/mol. The molecule has 0 aliphatic heterocycles. The summed E-state index contributed by atoms with van der Waals surface area (Å²) in [6.45, 7) is -1.56. The van der Waals surface area contributed by atoms with Gasteiger partial charge in [-0.15, -0.1) is 0 Å². The summed E-state index contributed by atoms with van der Waals surface area (Å²) < 4.78 is 1.57. The first-order chi connectivity index (χ1) is 9.54. The van der Waals surface area contributed by atoms with Crippen molar-refractivity contribution in [2.24, 2.45) is 0 Å². The second-order valence-electron chi connectivity index (χ2n) is 4.53. The highest BCUT2D eigenvalue weighted by molar-refractivity contribution is 8.09. The minimum Gasteiger partial charge on any atom is -0.329 e. The second kappa shape index (κ2) is 6.51. The first-order valence-electron chi connectivity index (χ1n) is 6.49. The van der Waals surface area contributed by atoms with E-state index in [1.807, 2.05) is 67.6 Å². The molecule has 2 aromatic carbocycles. The van der Waals surface area contributed by atoms with Gasteiger partial charge in [0.25, 0.3) is 6.64 Å². The Labute approximate surface area is 124 Å². The van der Waals surface area contributed by atoms with Crippen LogP contribution in [-0.2, 0) is 11.8 Å². The van der Waals surface area contributed by atoms with Gasteiger partial charge >= 0.3 is 0 Å². The van der Waals surface area contributed by atoms with Crippen LogP contribution in [0, 0.1) is 0 Å². The van der Waals surface area contributed by atoms with Crippen molar-refractivity contribution in [1.82, 2.24) is 0 Å². The Kier molecular flexibility index (Phi) is 4.95. The van der Waals surface area contributed by atoms with Crippen molar-refractivity contribution in [1.29, 1.82) is 0 Å². The molecule has 0 saturated heterocycles. The molecular formula is C15H18NO2PS. The van der Waals surface area contributed by atoms with Gasteiger partial charge in [-0.2, -0.15) is 0 Å². The Morgan fingerprint density at radius 1 is 1.00 bits per heavy atom. The summed E-state index contributed by atoms with van der Waals surface area (Å²) in [5.41, 5.74) is 1.76. The fourth-order valence-electron chi connectivity index (χ4n) is 2.32. The summed E-state index contributed by atoms with van der Waals surface area (Å²) in [5.74, 6) is 0. The van der Waals surface area contributed by atoms with E-state index in [-0.39, 0.29) is 6.04 Å². The maximum atomic E-state index is 10.1. The van der Waals surface area contributed by atoms with Crippen LogP contribution in [0.15, 0.2) is 60.7 Å². The molecule has 0 amide bonds. The molecule has 0 aromatic heterocycles. The molecule has 2 aromatic rings. The molecule has 3 nitrogen and oxygen atoms in total. The molecule has 0 unspecified atom stereocenters. The zero-order valence-electron chi connectivity index (χ0n) is 11.3. The molecule has 106 valence electrons. The van der Waals surface area contributed by atoms with Gasteiger partial charge in [-0.05, 0) is 35.9 Å². The molecule has 5 heteroatoms. The lowest BCUT2D eigenvalue weighted by Crippen LogP contribution is -2.25. The van der Waals surface area contributed by atoms with E-state index < -0.39 is 6.64 Å². The van der Waals surface area contributed by atoms with Crippen LogP contribution in [0.3, 0.4) is 0 Å². The monoisotopic (exact) mass is 307 g/mol. The lowest BCUT2D eigenvalue weighted by molar-refractivity contribution is 0.461. The van der Waals surface area contributed by atoms with Crippen LogP contribution in [0.25, 0.3) is 0 Å². The van der Waals surface area contributed by atoms with E-state index in [2.05, 4.69) is 0 Å². The van der Waals surface area contributed by atoms with Crippen LogP contribution in [0.1, 0.15) is 24.9 Å². The molecule has 0 radical (unpaired) electrons. The van der Waals surface area contributed by atoms with Crippen molar-refractivity contribution in [3.05, 3.63) is 66.2 Å². The molecule has 20 heavy (non-hydrogen) atoms. The van der Waals surface area contributed by atoms with Crippen molar-refractivity contribution in [2.45, 2.75) is 19.4 Å². The molecule has 0 heterocycles. The molecule has 0 aliphatic rings. The smallest absolute Gasteiger partial charge is 0.285 e. The summed E-state index contributed by atoms with van der Waals surface area (Å²) in [5, 5.41) is 0. The topological polar surface area (TPSA) is 43.7 Å². The maximum absolute atomic E-state index is 10.1. The highest BCUT2D eigenvalue weighted by Gasteiger charge is 2.29. The SMILES string of the molecule is CC[C@@H](c1ccccc1)N(c1ccccc1)P(O)(O)=S. The molecule has 2 rings (SSSR count). The molecule has 0 aliphatic carbocycles. The van der Waals surface area contributed by atoms with Crippen molar-refractivity contribution in [2.75, 3.05) is 4.67 Å². The largest absolute Gasteiger partial charge is 0.329 e. The van der Waals surface area contributed by atoms with Gasteiger partial charge in [-0.25, -0.2) is 0 Å². The first kappa shape index (κ1) is 15.2. The quantitative estimate of drug-likeness (QED) is 0.823. The summed E-state index contributed by atoms with van der Waals surface area (Å²) in [4.78, 5) is 20.2. The number of benzene rings is 2. The van der Waals surface area contributed by atoms with Crippen LogP contribution in [-0.4, -0.2) is 9.79 Å². The number of rotatable bonds is 5. The highest BCUT2D eigenvalue weighted by atomic mass is 32.5. The third kappa shape index (κ3) is 3.47. The third-order valence-electron chi connectivity index (χ3n) is 3.17. The third-order valence-corrected chi connectivity index (χ3v) is 4.77. The number of hydrogen-bond acceptors (Lipinski definition) is 1. The fraction of sp³-hybridized carbons (Fsp3) is 0.200. The van der Waals surface area contributed by atoms with E-state index in [1.54, 1.807) is 4.67 Å². The summed E-state index contributed by atoms with van der Waals surface area (Å²) >= 11 is 4.98. The number of hydrogen-bond donors (Lipinski definition) is 2. The van der Waals surface area contributed by atoms with Gasteiger partial charge in [-0.1, -0.05) is 55.5 Å². The van der Waals surface area contributed by atoms with Gasteiger partial charge in [-0.3, -0.25) is 4.67 Å². The summed E-state index contributed by atoms with van der Waals surface area (Å²) in [6.07, 6.45) is 0.735. The Balaban J connectivity index is 2.48. The lowest BCUT2D eigenvalue weighted by atomic mass is 10.0.